The lowest BCUT2D eigenvalue weighted by atomic mass is 9.99. The third kappa shape index (κ3) is 5.79. The Hall–Kier alpha value is -3.46. The van der Waals surface area contributed by atoms with Crippen molar-refractivity contribution in [1.82, 2.24) is 0 Å². The first-order chi connectivity index (χ1) is 13.0. The third-order valence-electron chi connectivity index (χ3n) is 3.49. The van der Waals surface area contributed by atoms with E-state index in [0.29, 0.717) is 16.7 Å². The van der Waals surface area contributed by atoms with E-state index in [4.69, 9.17) is 4.74 Å². The molecule has 0 fully saturated rings. The van der Waals surface area contributed by atoms with Crippen molar-refractivity contribution in [2.75, 3.05) is 6.61 Å². The van der Waals surface area contributed by atoms with Crippen LogP contribution in [0.25, 0.3) is 11.6 Å². The Morgan fingerprint density at radius 3 is 2.37 bits per heavy atom. The molecule has 0 N–H and O–H groups in total. The van der Waals surface area contributed by atoms with Crippen LogP contribution >= 0.6 is 0 Å². The maximum absolute atomic E-state index is 12.2. The minimum Gasteiger partial charge on any atom is -0.462 e. The molecule has 0 atom stereocenters. The van der Waals surface area contributed by atoms with Crippen molar-refractivity contribution < 1.29 is 23.0 Å². The van der Waals surface area contributed by atoms with Crippen molar-refractivity contribution in [3.8, 4) is 11.8 Å². The molecule has 0 radical (unpaired) electrons. The molecule has 0 aliphatic heterocycles. The van der Waals surface area contributed by atoms with Gasteiger partial charge in [-0.05, 0) is 30.2 Å². The molecule has 0 saturated heterocycles. The normalized spacial score (nSPS) is 11.8. The Kier molecular flexibility index (Phi) is 7.26. The SMILES string of the molecule is CCOC(=O)/C(C#N)=C(/C=C/c1ccc(OC(F)F)cc1)c1ccccc1. The number of carbonyl (C=O) groups excluding carboxylic acids is 1. The number of esters is 1. The lowest BCUT2D eigenvalue weighted by molar-refractivity contribution is -0.137. The van der Waals surface area contributed by atoms with Gasteiger partial charge in [0.05, 0.1) is 6.61 Å². The minimum absolute atomic E-state index is 0.0465. The van der Waals surface area contributed by atoms with Gasteiger partial charge < -0.3 is 9.47 Å². The molecule has 2 rings (SSSR count). The summed E-state index contributed by atoms with van der Waals surface area (Å²) >= 11 is 0. The highest BCUT2D eigenvalue weighted by molar-refractivity contribution is 6.04. The van der Waals surface area contributed by atoms with Gasteiger partial charge in [0, 0.05) is 5.57 Å². The molecule has 0 bridgehead atoms. The molecule has 0 saturated carbocycles. The molecular weight excluding hydrogens is 352 g/mol. The largest absolute Gasteiger partial charge is 0.462 e. The van der Waals surface area contributed by atoms with Gasteiger partial charge in [-0.25, -0.2) is 4.79 Å². The van der Waals surface area contributed by atoms with E-state index in [0.717, 1.165) is 0 Å². The average Bonchev–Trinajstić information content (AvgIpc) is 2.66. The summed E-state index contributed by atoms with van der Waals surface area (Å²) in [4.78, 5) is 12.1. The maximum Gasteiger partial charge on any atom is 0.387 e. The summed E-state index contributed by atoms with van der Waals surface area (Å²) in [6.45, 7) is -1.07. The van der Waals surface area contributed by atoms with Crippen molar-refractivity contribution in [3.63, 3.8) is 0 Å². The van der Waals surface area contributed by atoms with Crippen LogP contribution in [0.3, 0.4) is 0 Å². The highest BCUT2D eigenvalue weighted by Crippen LogP contribution is 2.23. The highest BCUT2D eigenvalue weighted by atomic mass is 19.3. The number of carbonyl (C=O) groups is 1. The van der Waals surface area contributed by atoms with Crippen LogP contribution in [0.4, 0.5) is 8.78 Å². The predicted molar refractivity (Wildman–Crippen MR) is 97.7 cm³/mol. The summed E-state index contributed by atoms with van der Waals surface area (Å²) in [5, 5.41) is 9.44. The molecule has 4 nitrogen and oxygen atoms in total. The van der Waals surface area contributed by atoms with Gasteiger partial charge in [0.15, 0.2) is 0 Å². The Bertz CT molecular complexity index is 867. The summed E-state index contributed by atoms with van der Waals surface area (Å²) in [5.74, 6) is -0.658. The lowest BCUT2D eigenvalue weighted by Crippen LogP contribution is -2.08. The number of nitriles is 1. The van der Waals surface area contributed by atoms with Crippen molar-refractivity contribution >= 4 is 17.6 Å². The van der Waals surface area contributed by atoms with Gasteiger partial charge in [0.25, 0.3) is 0 Å². The zero-order chi connectivity index (χ0) is 19.6. The fraction of sp³-hybridized carbons (Fsp3) is 0.143. The molecule has 0 unspecified atom stereocenters. The van der Waals surface area contributed by atoms with Crippen LogP contribution in [0.5, 0.6) is 5.75 Å². The lowest BCUT2D eigenvalue weighted by Gasteiger charge is -2.07. The van der Waals surface area contributed by atoms with Gasteiger partial charge >= 0.3 is 12.6 Å². The number of alkyl halides is 2. The number of rotatable bonds is 7. The van der Waals surface area contributed by atoms with E-state index in [1.165, 1.54) is 12.1 Å². The summed E-state index contributed by atoms with van der Waals surface area (Å²) in [7, 11) is 0. The number of halogens is 2. The monoisotopic (exact) mass is 369 g/mol. The Morgan fingerprint density at radius 1 is 1.15 bits per heavy atom. The van der Waals surface area contributed by atoms with E-state index in [1.54, 1.807) is 55.5 Å². The molecule has 27 heavy (non-hydrogen) atoms. The summed E-state index contributed by atoms with van der Waals surface area (Å²) in [6.07, 6.45) is 3.29. The molecule has 138 valence electrons. The quantitative estimate of drug-likeness (QED) is 0.303. The fourth-order valence-corrected chi connectivity index (χ4v) is 2.30. The van der Waals surface area contributed by atoms with Crippen LogP contribution in [-0.4, -0.2) is 19.2 Å². The Labute approximate surface area is 156 Å². The van der Waals surface area contributed by atoms with E-state index in [1.807, 2.05) is 12.1 Å². The number of benzene rings is 2. The molecule has 0 aliphatic rings. The zero-order valence-corrected chi connectivity index (χ0v) is 14.6. The number of hydrogen-bond acceptors (Lipinski definition) is 4. The van der Waals surface area contributed by atoms with Gasteiger partial charge in [0.2, 0.25) is 0 Å². The molecule has 6 heteroatoms. The standard InChI is InChI=1S/C21H17F2NO3/c1-2-26-20(25)19(14-24)18(16-6-4-3-5-7-16)13-10-15-8-11-17(12-9-15)27-21(22)23/h3-13,21H,2H2,1H3/b13-10+,19-18-. The van der Waals surface area contributed by atoms with Gasteiger partial charge in [-0.1, -0.05) is 54.6 Å². The summed E-state index contributed by atoms with van der Waals surface area (Å²) < 4.78 is 33.7. The van der Waals surface area contributed by atoms with Crippen molar-refractivity contribution in [3.05, 3.63) is 77.4 Å². The molecule has 0 aliphatic carbocycles. The summed E-state index contributed by atoms with van der Waals surface area (Å²) in [5.41, 5.74) is 1.66. The third-order valence-corrected chi connectivity index (χ3v) is 3.49. The van der Waals surface area contributed by atoms with Crippen molar-refractivity contribution in [2.24, 2.45) is 0 Å². The van der Waals surface area contributed by atoms with Gasteiger partial charge in [0.1, 0.15) is 17.4 Å². The first-order valence-corrected chi connectivity index (χ1v) is 8.15. The van der Waals surface area contributed by atoms with Crippen LogP contribution in [0, 0.1) is 11.3 Å². The molecule has 0 amide bonds. The average molecular weight is 369 g/mol. The molecule has 0 aromatic heterocycles. The van der Waals surface area contributed by atoms with Crippen molar-refractivity contribution in [2.45, 2.75) is 13.5 Å². The highest BCUT2D eigenvalue weighted by Gasteiger charge is 2.16. The minimum atomic E-state index is -2.89. The fourth-order valence-electron chi connectivity index (χ4n) is 2.30. The molecule has 2 aromatic rings. The molecular formula is C21H17F2NO3. The van der Waals surface area contributed by atoms with E-state index in [2.05, 4.69) is 4.74 Å². The number of nitrogens with zero attached hydrogens (tertiary/aromatic N) is 1. The van der Waals surface area contributed by atoms with Crippen LogP contribution in [0.1, 0.15) is 18.1 Å². The second-order valence-corrected chi connectivity index (χ2v) is 5.27. The van der Waals surface area contributed by atoms with E-state index in [9.17, 15) is 18.8 Å². The van der Waals surface area contributed by atoms with Crippen LogP contribution in [0.15, 0.2) is 66.2 Å². The first kappa shape index (κ1) is 19.9. The van der Waals surface area contributed by atoms with Gasteiger partial charge in [-0.15, -0.1) is 0 Å². The first-order valence-electron chi connectivity index (χ1n) is 8.15. The second kappa shape index (κ2) is 9.88. The maximum atomic E-state index is 12.2. The number of hydrogen-bond donors (Lipinski definition) is 0. The number of allylic oxidation sites excluding steroid dienone is 2. The number of ether oxygens (including phenoxy) is 2. The van der Waals surface area contributed by atoms with Crippen LogP contribution in [-0.2, 0) is 9.53 Å². The van der Waals surface area contributed by atoms with E-state index < -0.39 is 12.6 Å². The van der Waals surface area contributed by atoms with E-state index >= 15 is 0 Å². The predicted octanol–water partition coefficient (Wildman–Crippen LogP) is 4.84. The van der Waals surface area contributed by atoms with Crippen LogP contribution in [0.2, 0.25) is 0 Å². The van der Waals surface area contributed by atoms with Crippen molar-refractivity contribution in [1.29, 1.82) is 5.26 Å². The Balaban J connectivity index is 2.39. The van der Waals surface area contributed by atoms with Crippen LogP contribution < -0.4 is 4.74 Å². The van der Waals surface area contributed by atoms with E-state index in [-0.39, 0.29) is 17.9 Å². The smallest absolute Gasteiger partial charge is 0.387 e. The molecule has 2 aromatic carbocycles. The Morgan fingerprint density at radius 2 is 1.81 bits per heavy atom. The van der Waals surface area contributed by atoms with Gasteiger partial charge in [-0.2, -0.15) is 14.0 Å². The molecule has 0 heterocycles. The summed E-state index contributed by atoms with van der Waals surface area (Å²) in [6, 6.07) is 16.9. The molecule has 0 spiro atoms. The second-order valence-electron chi connectivity index (χ2n) is 5.27. The zero-order valence-electron chi connectivity index (χ0n) is 14.6. The van der Waals surface area contributed by atoms with Gasteiger partial charge in [-0.3, -0.25) is 0 Å². The topological polar surface area (TPSA) is 59.3 Å².